The van der Waals surface area contributed by atoms with E-state index in [2.05, 4.69) is 14.9 Å². The fourth-order valence-electron chi connectivity index (χ4n) is 1.36. The number of anilines is 1. The van der Waals surface area contributed by atoms with Crippen LogP contribution in [0.4, 0.5) is 10.1 Å². The zero-order valence-electron chi connectivity index (χ0n) is 9.75. The number of hydrogen-bond donors (Lipinski definition) is 2. The van der Waals surface area contributed by atoms with Gasteiger partial charge in [0.1, 0.15) is 5.82 Å². The maximum atomic E-state index is 13.2. The van der Waals surface area contributed by atoms with Crippen LogP contribution in [0, 0.1) is 5.82 Å². The molecule has 0 bridgehead atoms. The van der Waals surface area contributed by atoms with Gasteiger partial charge in [0.15, 0.2) is 0 Å². The summed E-state index contributed by atoms with van der Waals surface area (Å²) in [7, 11) is -3.81. The maximum Gasteiger partial charge on any atom is 0.241 e. The van der Waals surface area contributed by atoms with E-state index < -0.39 is 15.8 Å². The Morgan fingerprint density at radius 1 is 1.32 bits per heavy atom. The quantitative estimate of drug-likeness (QED) is 0.803. The molecule has 0 unspecified atom stereocenters. The van der Waals surface area contributed by atoms with E-state index in [1.165, 1.54) is 18.3 Å². The van der Waals surface area contributed by atoms with Crippen molar-refractivity contribution in [2.75, 3.05) is 5.73 Å². The van der Waals surface area contributed by atoms with Crippen LogP contribution in [0.15, 0.2) is 41.4 Å². The van der Waals surface area contributed by atoms with Crippen LogP contribution < -0.4 is 10.5 Å². The number of nitrogens with one attached hydrogen (secondary N) is 1. The van der Waals surface area contributed by atoms with Crippen molar-refractivity contribution in [1.82, 2.24) is 14.9 Å². The molecule has 0 spiro atoms. The Labute approximate surface area is 109 Å². The number of rotatable bonds is 4. The zero-order valence-corrected chi connectivity index (χ0v) is 10.6. The van der Waals surface area contributed by atoms with Crippen LogP contribution in [-0.4, -0.2) is 18.6 Å². The molecule has 0 fully saturated rings. The predicted molar refractivity (Wildman–Crippen MR) is 66.9 cm³/mol. The van der Waals surface area contributed by atoms with E-state index in [0.717, 1.165) is 6.07 Å². The second kappa shape index (κ2) is 5.29. The second-order valence-electron chi connectivity index (χ2n) is 3.72. The van der Waals surface area contributed by atoms with Crippen LogP contribution in [0.1, 0.15) is 5.69 Å². The molecule has 1 aromatic carbocycles. The van der Waals surface area contributed by atoms with Gasteiger partial charge in [0.25, 0.3) is 0 Å². The molecule has 3 N–H and O–H groups in total. The molecule has 0 amide bonds. The summed E-state index contributed by atoms with van der Waals surface area (Å²) >= 11 is 0. The molecule has 2 rings (SSSR count). The van der Waals surface area contributed by atoms with Crippen LogP contribution in [0.2, 0.25) is 0 Å². The normalized spacial score (nSPS) is 11.4. The van der Waals surface area contributed by atoms with Crippen molar-refractivity contribution >= 4 is 15.7 Å². The molecule has 1 aromatic heterocycles. The molecule has 0 saturated heterocycles. The molecule has 6 nitrogen and oxygen atoms in total. The first-order valence-corrected chi connectivity index (χ1v) is 6.78. The Kier molecular flexibility index (Phi) is 3.72. The molecule has 8 heteroatoms. The number of aromatic nitrogens is 2. The van der Waals surface area contributed by atoms with Gasteiger partial charge in [-0.05, 0) is 30.3 Å². The number of benzene rings is 1. The summed E-state index contributed by atoms with van der Waals surface area (Å²) in [6.45, 7) is -0.0256. The van der Waals surface area contributed by atoms with Gasteiger partial charge < -0.3 is 5.73 Å². The third-order valence-electron chi connectivity index (χ3n) is 2.35. The summed E-state index contributed by atoms with van der Waals surface area (Å²) < 4.78 is 39.3. The van der Waals surface area contributed by atoms with Crippen molar-refractivity contribution in [3.8, 4) is 0 Å². The van der Waals surface area contributed by atoms with Crippen LogP contribution in [0.25, 0.3) is 0 Å². The molecular formula is C11H11FN4O2S. The van der Waals surface area contributed by atoms with Crippen LogP contribution in [-0.2, 0) is 16.6 Å². The number of sulfonamides is 1. The van der Waals surface area contributed by atoms with Crippen molar-refractivity contribution in [2.45, 2.75) is 11.4 Å². The van der Waals surface area contributed by atoms with E-state index in [4.69, 9.17) is 5.73 Å². The number of nitrogen functional groups attached to an aromatic ring is 1. The molecule has 0 saturated carbocycles. The van der Waals surface area contributed by atoms with Gasteiger partial charge in [0.2, 0.25) is 10.0 Å². The number of nitrogens with zero attached hydrogens (tertiary/aromatic N) is 2. The highest BCUT2D eigenvalue weighted by molar-refractivity contribution is 7.89. The van der Waals surface area contributed by atoms with E-state index in [0.29, 0.717) is 5.69 Å². The van der Waals surface area contributed by atoms with Crippen molar-refractivity contribution in [2.24, 2.45) is 0 Å². The van der Waals surface area contributed by atoms with Gasteiger partial charge in [-0.1, -0.05) is 0 Å². The number of halogens is 1. The Morgan fingerprint density at radius 2 is 2.11 bits per heavy atom. The molecule has 19 heavy (non-hydrogen) atoms. The highest BCUT2D eigenvalue weighted by Gasteiger charge is 2.15. The SMILES string of the molecule is Nc1ccc(S(=O)(=O)NCc2cccnn2)cc1F. The van der Waals surface area contributed by atoms with Gasteiger partial charge in [0, 0.05) is 6.20 Å². The Balaban J connectivity index is 2.16. The monoisotopic (exact) mass is 282 g/mol. The first kappa shape index (κ1) is 13.4. The molecular weight excluding hydrogens is 271 g/mol. The lowest BCUT2D eigenvalue weighted by Crippen LogP contribution is -2.24. The van der Waals surface area contributed by atoms with E-state index in [9.17, 15) is 12.8 Å². The average molecular weight is 282 g/mol. The lowest BCUT2D eigenvalue weighted by Gasteiger charge is -2.06. The third kappa shape index (κ3) is 3.24. The summed E-state index contributed by atoms with van der Waals surface area (Å²) in [5, 5.41) is 7.36. The van der Waals surface area contributed by atoms with Crippen LogP contribution in [0.5, 0.6) is 0 Å². The van der Waals surface area contributed by atoms with Crippen molar-refractivity contribution in [3.05, 3.63) is 48.0 Å². The van der Waals surface area contributed by atoms with Crippen molar-refractivity contribution in [1.29, 1.82) is 0 Å². The largest absolute Gasteiger partial charge is 0.396 e. The minimum Gasteiger partial charge on any atom is -0.396 e. The molecule has 1 heterocycles. The summed E-state index contributed by atoms with van der Waals surface area (Å²) in [6, 6.07) is 6.57. The van der Waals surface area contributed by atoms with Crippen LogP contribution in [0.3, 0.4) is 0 Å². The van der Waals surface area contributed by atoms with E-state index in [1.807, 2.05) is 0 Å². The summed E-state index contributed by atoms with van der Waals surface area (Å²) in [5.74, 6) is -0.776. The first-order chi connectivity index (χ1) is 8.99. The van der Waals surface area contributed by atoms with E-state index in [1.54, 1.807) is 12.1 Å². The van der Waals surface area contributed by atoms with Gasteiger partial charge >= 0.3 is 0 Å². The van der Waals surface area contributed by atoms with Crippen LogP contribution >= 0.6 is 0 Å². The fraction of sp³-hybridized carbons (Fsp3) is 0.0909. The summed E-state index contributed by atoms with van der Waals surface area (Å²) in [4.78, 5) is -0.192. The Hall–Kier alpha value is -2.06. The standard InChI is InChI=1S/C11H11FN4O2S/c12-10-6-9(3-4-11(10)13)19(17,18)15-7-8-2-1-5-14-16-8/h1-6,15H,7,13H2. The molecule has 0 aliphatic carbocycles. The third-order valence-corrected chi connectivity index (χ3v) is 3.75. The van der Waals surface area contributed by atoms with E-state index >= 15 is 0 Å². The van der Waals surface area contributed by atoms with Crippen molar-refractivity contribution in [3.63, 3.8) is 0 Å². The van der Waals surface area contributed by atoms with Gasteiger partial charge in [0.05, 0.1) is 22.8 Å². The second-order valence-corrected chi connectivity index (χ2v) is 5.49. The Morgan fingerprint density at radius 3 is 2.74 bits per heavy atom. The molecule has 0 atom stereocenters. The lowest BCUT2D eigenvalue weighted by molar-refractivity contribution is 0.576. The summed E-state index contributed by atoms with van der Waals surface area (Å²) in [5.41, 5.74) is 5.64. The molecule has 0 radical (unpaired) electrons. The van der Waals surface area contributed by atoms with Gasteiger partial charge in [-0.15, -0.1) is 0 Å². The van der Waals surface area contributed by atoms with Gasteiger partial charge in [-0.25, -0.2) is 17.5 Å². The van der Waals surface area contributed by atoms with Gasteiger partial charge in [-0.3, -0.25) is 0 Å². The van der Waals surface area contributed by atoms with Crippen molar-refractivity contribution < 1.29 is 12.8 Å². The number of hydrogen-bond acceptors (Lipinski definition) is 5. The Bertz CT molecular complexity index is 676. The maximum absolute atomic E-state index is 13.2. The average Bonchev–Trinajstić information content (AvgIpc) is 2.41. The highest BCUT2D eigenvalue weighted by Crippen LogP contribution is 2.16. The predicted octanol–water partition coefficient (Wildman–Crippen LogP) is 0.676. The minimum absolute atomic E-state index is 0.0256. The molecule has 100 valence electrons. The summed E-state index contributed by atoms with van der Waals surface area (Å²) in [6.07, 6.45) is 1.48. The smallest absolute Gasteiger partial charge is 0.241 e. The zero-order chi connectivity index (χ0) is 13.9. The first-order valence-electron chi connectivity index (χ1n) is 5.30. The van der Waals surface area contributed by atoms with E-state index in [-0.39, 0.29) is 17.1 Å². The molecule has 0 aliphatic heterocycles. The molecule has 2 aromatic rings. The van der Waals surface area contributed by atoms with Gasteiger partial charge in [-0.2, -0.15) is 10.2 Å². The fourth-order valence-corrected chi connectivity index (χ4v) is 2.37. The highest BCUT2D eigenvalue weighted by atomic mass is 32.2. The molecule has 0 aliphatic rings. The topological polar surface area (TPSA) is 98.0 Å². The number of nitrogens with two attached hydrogens (primary N) is 1. The lowest BCUT2D eigenvalue weighted by atomic mass is 10.3. The minimum atomic E-state index is -3.81.